The molecule has 3 nitrogen and oxygen atoms in total. The van der Waals surface area contributed by atoms with Crippen LogP contribution in [-0.2, 0) is 5.67 Å². The minimum Gasteiger partial charge on any atom is -0.433 e. The maximum absolute atomic E-state index is 14.9. The van der Waals surface area contributed by atoms with Crippen LogP contribution < -0.4 is 10.1 Å². The Labute approximate surface area is 216 Å². The third-order valence-electron chi connectivity index (χ3n) is 5.04. The molecule has 2 rings (SSSR count). The van der Waals surface area contributed by atoms with E-state index < -0.39 is 64.0 Å². The highest BCUT2D eigenvalue weighted by molar-refractivity contribution is 9.10. The second-order valence-corrected chi connectivity index (χ2v) is 8.41. The number of hydrogen-bond acceptors (Lipinski definition) is 2. The molecule has 1 amide bonds. The molecule has 0 aromatic heterocycles. The smallest absolute Gasteiger partial charge is 0.433 e. The molecule has 0 aliphatic heterocycles. The number of allylic oxidation sites excluding steroid dienone is 2. The van der Waals surface area contributed by atoms with Crippen molar-refractivity contribution in [3.05, 3.63) is 75.8 Å². The highest BCUT2D eigenvalue weighted by Gasteiger charge is 2.81. The molecule has 0 aliphatic carbocycles. The highest BCUT2D eigenvalue weighted by atomic mass is 79.9. The lowest BCUT2D eigenvalue weighted by molar-refractivity contribution is -0.389. The summed E-state index contributed by atoms with van der Waals surface area (Å²) in [5.41, 5.74) is -8.69. The van der Waals surface area contributed by atoms with Gasteiger partial charge in [0, 0.05) is 15.6 Å². The first-order valence-corrected chi connectivity index (χ1v) is 10.8. The number of ether oxygens (including phenoxy) is 1. The molecule has 1 atom stereocenters. The van der Waals surface area contributed by atoms with Crippen molar-refractivity contribution in [2.24, 2.45) is 0 Å². The highest BCUT2D eigenvalue weighted by Crippen LogP contribution is 2.59. The molecule has 0 saturated heterocycles. The van der Waals surface area contributed by atoms with E-state index in [2.05, 4.69) is 27.2 Å². The Bertz CT molecular complexity index is 1240. The van der Waals surface area contributed by atoms with E-state index in [-0.39, 0.29) is 11.6 Å². The van der Waals surface area contributed by atoms with Crippen LogP contribution in [0.4, 0.5) is 54.0 Å². The fourth-order valence-corrected chi connectivity index (χ4v) is 3.67. The summed E-state index contributed by atoms with van der Waals surface area (Å²) in [6.45, 7) is 1.28. The summed E-state index contributed by atoms with van der Waals surface area (Å²) in [5.74, 6) is -9.66. The second kappa shape index (κ2) is 10.9. The van der Waals surface area contributed by atoms with Gasteiger partial charge in [-0.2, -0.15) is 43.9 Å². The number of carbonyl (C=O) groups is 1. The van der Waals surface area contributed by atoms with Crippen LogP contribution in [0.1, 0.15) is 27.0 Å². The molecule has 2 aromatic rings. The van der Waals surface area contributed by atoms with Gasteiger partial charge in [-0.1, -0.05) is 30.9 Å². The van der Waals surface area contributed by atoms with Gasteiger partial charge in [-0.15, -0.1) is 0 Å². The van der Waals surface area contributed by atoms with Gasteiger partial charge < -0.3 is 10.1 Å². The molecule has 0 fully saturated rings. The molecule has 0 aliphatic rings. The van der Waals surface area contributed by atoms with Gasteiger partial charge in [0.25, 0.3) is 5.91 Å². The van der Waals surface area contributed by atoms with Gasteiger partial charge >= 0.3 is 30.6 Å². The van der Waals surface area contributed by atoms with Crippen molar-refractivity contribution in [1.29, 1.82) is 0 Å². The summed E-state index contributed by atoms with van der Waals surface area (Å²) in [7, 11) is 0. The predicted molar refractivity (Wildman–Crippen MR) is 119 cm³/mol. The molecular weight excluding hydrogens is 611 g/mol. The summed E-state index contributed by atoms with van der Waals surface area (Å²) in [5, 5.41) is 1.99. The molecule has 2 aromatic carbocycles. The Hall–Kier alpha value is -3.10. The summed E-state index contributed by atoms with van der Waals surface area (Å²) in [6.07, 6.45) is -9.42. The molecule has 0 radical (unpaired) electrons. The number of anilines is 1. The number of nitrogens with one attached hydrogen (secondary N) is 1. The second-order valence-electron chi connectivity index (χ2n) is 7.56. The van der Waals surface area contributed by atoms with Crippen LogP contribution in [0, 0.1) is 6.92 Å². The van der Waals surface area contributed by atoms with Gasteiger partial charge in [0.05, 0.1) is 5.69 Å². The molecule has 0 heterocycles. The topological polar surface area (TPSA) is 38.3 Å². The van der Waals surface area contributed by atoms with Crippen molar-refractivity contribution in [3.8, 4) is 5.75 Å². The van der Waals surface area contributed by atoms with Gasteiger partial charge in [-0.25, -0.2) is 4.39 Å². The largest absolute Gasteiger partial charge is 0.457 e. The number of carbonyl (C=O) groups excluding carboxylic acids is 1. The lowest BCUT2D eigenvalue weighted by atomic mass is 9.87. The van der Waals surface area contributed by atoms with Gasteiger partial charge in [-0.05, 0) is 58.2 Å². The van der Waals surface area contributed by atoms with E-state index in [9.17, 15) is 53.1 Å². The Morgan fingerprint density at radius 3 is 2.11 bits per heavy atom. The lowest BCUT2D eigenvalue weighted by Crippen LogP contribution is -2.59. The van der Waals surface area contributed by atoms with Crippen LogP contribution in [0.15, 0.2) is 53.5 Å². The Morgan fingerprint density at radius 1 is 1.00 bits per heavy atom. The maximum atomic E-state index is 14.9. The van der Waals surface area contributed by atoms with Crippen molar-refractivity contribution >= 4 is 33.6 Å². The van der Waals surface area contributed by atoms with Gasteiger partial charge in [-0.3, -0.25) is 4.79 Å². The number of alkyl halides is 11. The maximum Gasteiger partial charge on any atom is 0.457 e. The average molecular weight is 626 g/mol. The fourth-order valence-electron chi connectivity index (χ4n) is 3.13. The standard InChI is InChI=1S/C23H15BrF11NO2/c1-3-4-5-12-8-13(7-6-11(12)2)18(37)36-17-15(24)9-14(10-16(17)38-19(25)26)20(27,22(30,31)32)21(28,29)23(33,34)35/h3-10,19H,1H2,2H3,(H,36,37)/b5-4-. The number of rotatable bonds is 8. The number of benzene rings is 2. The molecule has 38 heavy (non-hydrogen) atoms. The minimum atomic E-state index is -7.05. The summed E-state index contributed by atoms with van der Waals surface area (Å²) in [6, 6.07) is 3.49. The van der Waals surface area contributed by atoms with Crippen LogP contribution >= 0.6 is 15.9 Å². The lowest BCUT2D eigenvalue weighted by Gasteiger charge is -2.36. The van der Waals surface area contributed by atoms with E-state index in [0.29, 0.717) is 11.1 Å². The van der Waals surface area contributed by atoms with Crippen molar-refractivity contribution in [2.45, 2.75) is 37.5 Å². The number of hydrogen-bond donors (Lipinski definition) is 1. The third-order valence-corrected chi connectivity index (χ3v) is 5.66. The zero-order valence-corrected chi connectivity index (χ0v) is 20.3. The molecule has 0 saturated carbocycles. The third kappa shape index (κ3) is 5.97. The van der Waals surface area contributed by atoms with Crippen LogP contribution in [-0.4, -0.2) is 30.8 Å². The molecular formula is C23H15BrF11NO2. The molecule has 208 valence electrons. The van der Waals surface area contributed by atoms with Crippen molar-refractivity contribution in [3.63, 3.8) is 0 Å². The summed E-state index contributed by atoms with van der Waals surface area (Å²) in [4.78, 5) is 12.7. The van der Waals surface area contributed by atoms with Crippen molar-refractivity contribution in [1.82, 2.24) is 0 Å². The van der Waals surface area contributed by atoms with E-state index in [1.165, 1.54) is 30.4 Å². The fraction of sp³-hybridized carbons (Fsp3) is 0.261. The molecule has 0 spiro atoms. The van der Waals surface area contributed by atoms with E-state index >= 15 is 0 Å². The van der Waals surface area contributed by atoms with Crippen LogP contribution in [0.3, 0.4) is 0 Å². The van der Waals surface area contributed by atoms with Crippen LogP contribution in [0.5, 0.6) is 5.75 Å². The van der Waals surface area contributed by atoms with Gasteiger partial charge in [0.2, 0.25) is 0 Å². The van der Waals surface area contributed by atoms with Crippen LogP contribution in [0.25, 0.3) is 6.08 Å². The zero-order chi connectivity index (χ0) is 29.3. The first-order chi connectivity index (χ1) is 17.3. The van der Waals surface area contributed by atoms with Crippen molar-refractivity contribution in [2.75, 3.05) is 5.32 Å². The Balaban J connectivity index is 2.70. The monoisotopic (exact) mass is 625 g/mol. The van der Waals surface area contributed by atoms with Crippen molar-refractivity contribution < 1.29 is 57.8 Å². The molecule has 1 unspecified atom stereocenters. The zero-order valence-electron chi connectivity index (χ0n) is 18.8. The quantitative estimate of drug-likeness (QED) is 0.235. The normalized spacial score (nSPS) is 14.5. The number of halogens is 12. The SMILES string of the molecule is C=C/C=C\c1cc(C(=O)Nc2c(Br)cc(C(F)(C(F)(F)F)C(F)(F)C(F)(F)F)cc2OC(F)F)ccc1C. The minimum absolute atomic E-state index is 0.128. The number of aryl methyl sites for hydroxylation is 1. The Morgan fingerprint density at radius 2 is 1.61 bits per heavy atom. The summed E-state index contributed by atoms with van der Waals surface area (Å²) >= 11 is 2.50. The summed E-state index contributed by atoms with van der Waals surface area (Å²) < 4.78 is 150. The van der Waals surface area contributed by atoms with E-state index in [1.54, 1.807) is 13.0 Å². The van der Waals surface area contributed by atoms with Gasteiger partial charge in [0.15, 0.2) is 5.75 Å². The number of amides is 1. The Kier molecular flexibility index (Phi) is 8.96. The predicted octanol–water partition coefficient (Wildman–Crippen LogP) is 8.74. The molecule has 1 N–H and O–H groups in total. The first-order valence-electron chi connectivity index (χ1n) is 9.98. The van der Waals surface area contributed by atoms with Crippen LogP contribution in [0.2, 0.25) is 0 Å². The van der Waals surface area contributed by atoms with E-state index in [1.807, 2.05) is 5.32 Å². The van der Waals surface area contributed by atoms with E-state index in [4.69, 9.17) is 0 Å². The van der Waals surface area contributed by atoms with Gasteiger partial charge in [0.1, 0.15) is 0 Å². The molecule has 0 bridgehead atoms. The molecule has 15 heteroatoms. The average Bonchev–Trinajstić information content (AvgIpc) is 2.77. The first kappa shape index (κ1) is 31.1. The van der Waals surface area contributed by atoms with E-state index in [0.717, 1.165) is 0 Å².